The SMILES string of the molecule is CCOC(=O)c1cccc(/C=C/C=O)c1. The van der Waals surface area contributed by atoms with Crippen LogP contribution in [0.1, 0.15) is 22.8 Å². The van der Waals surface area contributed by atoms with Gasteiger partial charge in [-0.3, -0.25) is 4.79 Å². The fourth-order valence-corrected chi connectivity index (χ4v) is 1.13. The molecule has 78 valence electrons. The first kappa shape index (κ1) is 11.2. The maximum absolute atomic E-state index is 11.4. The van der Waals surface area contributed by atoms with Crippen molar-refractivity contribution in [1.82, 2.24) is 0 Å². The lowest BCUT2D eigenvalue weighted by molar-refractivity contribution is -0.104. The summed E-state index contributed by atoms with van der Waals surface area (Å²) in [5.41, 5.74) is 1.29. The molecule has 0 fully saturated rings. The Hall–Kier alpha value is -1.90. The highest BCUT2D eigenvalue weighted by Crippen LogP contribution is 2.08. The highest BCUT2D eigenvalue weighted by molar-refractivity contribution is 5.90. The molecule has 0 unspecified atom stereocenters. The fourth-order valence-electron chi connectivity index (χ4n) is 1.13. The molecule has 0 bridgehead atoms. The standard InChI is InChI=1S/C12H12O3/c1-2-15-12(14)11-7-3-5-10(9-11)6-4-8-13/h3-9H,2H2,1H3/b6-4+. The van der Waals surface area contributed by atoms with Gasteiger partial charge >= 0.3 is 5.97 Å². The van der Waals surface area contributed by atoms with Crippen LogP contribution >= 0.6 is 0 Å². The number of carbonyl (C=O) groups is 2. The third kappa shape index (κ3) is 3.38. The van der Waals surface area contributed by atoms with Gasteiger partial charge in [0.05, 0.1) is 12.2 Å². The molecule has 1 aromatic rings. The number of hydrogen-bond acceptors (Lipinski definition) is 3. The van der Waals surface area contributed by atoms with Gasteiger partial charge in [0.2, 0.25) is 0 Å². The molecule has 3 heteroatoms. The summed E-state index contributed by atoms with van der Waals surface area (Å²) in [6, 6.07) is 6.91. The van der Waals surface area contributed by atoms with E-state index in [-0.39, 0.29) is 5.97 Å². The first-order chi connectivity index (χ1) is 7.27. The van der Waals surface area contributed by atoms with E-state index in [0.717, 1.165) is 5.56 Å². The summed E-state index contributed by atoms with van der Waals surface area (Å²) in [6.07, 6.45) is 3.71. The second-order valence-electron chi connectivity index (χ2n) is 2.84. The molecule has 0 spiro atoms. The molecule has 15 heavy (non-hydrogen) atoms. The largest absolute Gasteiger partial charge is 0.462 e. The lowest BCUT2D eigenvalue weighted by atomic mass is 10.1. The Morgan fingerprint density at radius 1 is 1.47 bits per heavy atom. The van der Waals surface area contributed by atoms with E-state index in [1.165, 1.54) is 6.08 Å². The van der Waals surface area contributed by atoms with Crippen molar-refractivity contribution in [2.45, 2.75) is 6.92 Å². The van der Waals surface area contributed by atoms with Gasteiger partial charge in [0, 0.05) is 0 Å². The van der Waals surface area contributed by atoms with Crippen molar-refractivity contribution in [2.24, 2.45) is 0 Å². The van der Waals surface area contributed by atoms with Crippen LogP contribution in [-0.4, -0.2) is 18.9 Å². The number of hydrogen-bond donors (Lipinski definition) is 0. The average molecular weight is 204 g/mol. The molecule has 3 nitrogen and oxygen atoms in total. The van der Waals surface area contributed by atoms with Crippen molar-refractivity contribution in [1.29, 1.82) is 0 Å². The summed E-state index contributed by atoms with van der Waals surface area (Å²) in [5.74, 6) is -0.348. The van der Waals surface area contributed by atoms with Gasteiger partial charge in [0.25, 0.3) is 0 Å². The van der Waals surface area contributed by atoms with Gasteiger partial charge in [-0.2, -0.15) is 0 Å². The molecular formula is C12H12O3. The Labute approximate surface area is 88.4 Å². The highest BCUT2D eigenvalue weighted by atomic mass is 16.5. The normalized spacial score (nSPS) is 10.2. The number of carbonyl (C=O) groups excluding carboxylic acids is 2. The maximum Gasteiger partial charge on any atom is 0.338 e. The Bertz CT molecular complexity index is 380. The summed E-state index contributed by atoms with van der Waals surface area (Å²) in [4.78, 5) is 21.5. The quantitative estimate of drug-likeness (QED) is 0.428. The molecule has 0 N–H and O–H groups in total. The number of ether oxygens (including phenoxy) is 1. The van der Waals surface area contributed by atoms with Crippen LogP contribution < -0.4 is 0 Å². The second kappa shape index (κ2) is 5.75. The molecule has 0 aliphatic carbocycles. The molecule has 0 aliphatic heterocycles. The molecule has 0 saturated heterocycles. The minimum atomic E-state index is -0.348. The first-order valence-electron chi connectivity index (χ1n) is 4.67. The van der Waals surface area contributed by atoms with Crippen LogP contribution in [-0.2, 0) is 9.53 Å². The van der Waals surface area contributed by atoms with Crippen molar-refractivity contribution < 1.29 is 14.3 Å². The zero-order valence-corrected chi connectivity index (χ0v) is 8.47. The number of esters is 1. The number of aldehydes is 1. The lowest BCUT2D eigenvalue weighted by Crippen LogP contribution is -2.04. The molecule has 0 aliphatic rings. The summed E-state index contributed by atoms with van der Waals surface area (Å²) >= 11 is 0. The molecule has 0 heterocycles. The van der Waals surface area contributed by atoms with E-state index in [4.69, 9.17) is 4.74 Å². The van der Waals surface area contributed by atoms with Crippen LogP contribution in [0.15, 0.2) is 30.3 Å². The Morgan fingerprint density at radius 2 is 2.27 bits per heavy atom. The third-order valence-corrected chi connectivity index (χ3v) is 1.77. The summed E-state index contributed by atoms with van der Waals surface area (Å²) in [5, 5.41) is 0. The van der Waals surface area contributed by atoms with Crippen molar-refractivity contribution in [3.05, 3.63) is 41.5 Å². The van der Waals surface area contributed by atoms with Gasteiger partial charge in [-0.25, -0.2) is 4.79 Å². The monoisotopic (exact) mass is 204 g/mol. The van der Waals surface area contributed by atoms with Crippen LogP contribution in [0.3, 0.4) is 0 Å². The van der Waals surface area contributed by atoms with E-state index < -0.39 is 0 Å². The van der Waals surface area contributed by atoms with Crippen molar-refractivity contribution in [2.75, 3.05) is 6.61 Å². The van der Waals surface area contributed by atoms with Crippen LogP contribution in [0.4, 0.5) is 0 Å². The number of allylic oxidation sites excluding steroid dienone is 1. The predicted octanol–water partition coefficient (Wildman–Crippen LogP) is 2.08. The molecule has 0 aromatic heterocycles. The predicted molar refractivity (Wildman–Crippen MR) is 57.5 cm³/mol. The smallest absolute Gasteiger partial charge is 0.338 e. The number of rotatable bonds is 4. The third-order valence-electron chi connectivity index (χ3n) is 1.77. The van der Waals surface area contributed by atoms with E-state index in [1.54, 1.807) is 31.2 Å². The van der Waals surface area contributed by atoms with E-state index in [9.17, 15) is 9.59 Å². The topological polar surface area (TPSA) is 43.4 Å². The summed E-state index contributed by atoms with van der Waals surface area (Å²) in [6.45, 7) is 2.11. The molecule has 0 saturated carbocycles. The van der Waals surface area contributed by atoms with Crippen LogP contribution in [0.5, 0.6) is 0 Å². The average Bonchev–Trinajstić information content (AvgIpc) is 2.27. The van der Waals surface area contributed by atoms with Crippen LogP contribution in [0.25, 0.3) is 6.08 Å². The molecule has 0 radical (unpaired) electrons. The molecular weight excluding hydrogens is 192 g/mol. The second-order valence-corrected chi connectivity index (χ2v) is 2.84. The van der Waals surface area contributed by atoms with Gasteiger partial charge in [0.1, 0.15) is 6.29 Å². The Kier molecular flexibility index (Phi) is 4.29. The van der Waals surface area contributed by atoms with E-state index in [1.807, 2.05) is 6.07 Å². The fraction of sp³-hybridized carbons (Fsp3) is 0.167. The van der Waals surface area contributed by atoms with Gasteiger partial charge in [-0.05, 0) is 30.7 Å². The van der Waals surface area contributed by atoms with Crippen molar-refractivity contribution in [3.8, 4) is 0 Å². The van der Waals surface area contributed by atoms with Gasteiger partial charge in [-0.15, -0.1) is 0 Å². The van der Waals surface area contributed by atoms with Crippen molar-refractivity contribution in [3.63, 3.8) is 0 Å². The van der Waals surface area contributed by atoms with Gasteiger partial charge in [0.15, 0.2) is 0 Å². The lowest BCUT2D eigenvalue weighted by Gasteiger charge is -2.01. The number of benzene rings is 1. The van der Waals surface area contributed by atoms with Gasteiger partial charge in [-0.1, -0.05) is 18.2 Å². The van der Waals surface area contributed by atoms with Crippen LogP contribution in [0, 0.1) is 0 Å². The Morgan fingerprint density at radius 3 is 2.93 bits per heavy atom. The minimum Gasteiger partial charge on any atom is -0.462 e. The zero-order valence-electron chi connectivity index (χ0n) is 8.47. The van der Waals surface area contributed by atoms with Crippen molar-refractivity contribution >= 4 is 18.3 Å². The molecule has 1 rings (SSSR count). The molecule has 0 amide bonds. The minimum absolute atomic E-state index is 0.348. The van der Waals surface area contributed by atoms with E-state index in [2.05, 4.69) is 0 Å². The summed E-state index contributed by atoms with van der Waals surface area (Å²) in [7, 11) is 0. The highest BCUT2D eigenvalue weighted by Gasteiger charge is 2.05. The van der Waals surface area contributed by atoms with E-state index >= 15 is 0 Å². The van der Waals surface area contributed by atoms with E-state index in [0.29, 0.717) is 18.5 Å². The molecule has 1 aromatic carbocycles. The van der Waals surface area contributed by atoms with Gasteiger partial charge < -0.3 is 4.74 Å². The zero-order chi connectivity index (χ0) is 11.1. The molecule has 0 atom stereocenters. The first-order valence-corrected chi connectivity index (χ1v) is 4.67. The summed E-state index contributed by atoms with van der Waals surface area (Å²) < 4.78 is 4.85. The maximum atomic E-state index is 11.4. The Balaban J connectivity index is 2.86. The van der Waals surface area contributed by atoms with Crippen LogP contribution in [0.2, 0.25) is 0 Å².